The molecule has 1 aliphatic heterocycles. The van der Waals surface area contributed by atoms with Gasteiger partial charge in [-0.05, 0) is 39.7 Å². The second kappa shape index (κ2) is 5.21. The Morgan fingerprint density at radius 1 is 1.40 bits per heavy atom. The number of aliphatic carboxylic acids is 1. The molecule has 6 nitrogen and oxygen atoms in total. The van der Waals surface area contributed by atoms with Crippen LogP contribution in [0.5, 0.6) is 0 Å². The molecule has 7 heteroatoms. The molecule has 1 aliphatic rings. The average Bonchev–Trinajstić information content (AvgIpc) is 2.69. The summed E-state index contributed by atoms with van der Waals surface area (Å²) in [6, 6.07) is 1.28. The molecule has 1 aromatic heterocycles. The topological polar surface area (TPSA) is 87.8 Å². The van der Waals surface area contributed by atoms with Gasteiger partial charge >= 0.3 is 5.97 Å². The molecule has 20 heavy (non-hydrogen) atoms. The maximum atomic E-state index is 12.7. The smallest absolute Gasteiger partial charge is 0.307 e. The average molecular weight is 301 g/mol. The maximum Gasteiger partial charge on any atom is 0.307 e. The molecule has 2 unspecified atom stereocenters. The van der Waals surface area contributed by atoms with Crippen molar-refractivity contribution in [2.24, 2.45) is 5.92 Å². The Morgan fingerprint density at radius 2 is 2.05 bits per heavy atom. The largest absolute Gasteiger partial charge is 0.481 e. The fraction of sp³-hybridized carbons (Fsp3) is 0.615. The van der Waals surface area contributed by atoms with Gasteiger partial charge in [-0.2, -0.15) is 4.31 Å². The van der Waals surface area contributed by atoms with Crippen LogP contribution in [0.15, 0.2) is 15.4 Å². The van der Waals surface area contributed by atoms with Gasteiger partial charge in [0.2, 0.25) is 10.0 Å². The first kappa shape index (κ1) is 15.1. The Balaban J connectivity index is 2.37. The number of rotatable bonds is 3. The lowest BCUT2D eigenvalue weighted by molar-refractivity contribution is -0.143. The van der Waals surface area contributed by atoms with Crippen molar-refractivity contribution in [1.29, 1.82) is 0 Å². The molecule has 2 heterocycles. The number of carboxylic acid groups (broad SMARTS) is 1. The highest BCUT2D eigenvalue weighted by molar-refractivity contribution is 7.89. The molecule has 0 radical (unpaired) electrons. The van der Waals surface area contributed by atoms with E-state index in [4.69, 9.17) is 9.52 Å². The highest BCUT2D eigenvalue weighted by Crippen LogP contribution is 2.30. The predicted molar refractivity (Wildman–Crippen MR) is 71.9 cm³/mol. The molecule has 112 valence electrons. The van der Waals surface area contributed by atoms with E-state index < -0.39 is 21.9 Å². The molecular formula is C13H19NO5S. The van der Waals surface area contributed by atoms with E-state index >= 15 is 0 Å². The number of nitrogens with zero attached hydrogens (tertiary/aromatic N) is 1. The lowest BCUT2D eigenvalue weighted by Gasteiger charge is -2.35. The van der Waals surface area contributed by atoms with E-state index in [1.54, 1.807) is 20.8 Å². The van der Waals surface area contributed by atoms with Gasteiger partial charge in [-0.3, -0.25) is 4.79 Å². The number of sulfonamides is 1. The van der Waals surface area contributed by atoms with Crippen molar-refractivity contribution in [2.75, 3.05) is 6.54 Å². The highest BCUT2D eigenvalue weighted by Gasteiger charge is 2.38. The van der Waals surface area contributed by atoms with E-state index in [1.165, 1.54) is 10.4 Å². The van der Waals surface area contributed by atoms with Crippen LogP contribution in [0.3, 0.4) is 0 Å². The Hall–Kier alpha value is -1.34. The van der Waals surface area contributed by atoms with Crippen LogP contribution in [0.2, 0.25) is 0 Å². The van der Waals surface area contributed by atoms with Gasteiger partial charge in [-0.1, -0.05) is 0 Å². The summed E-state index contributed by atoms with van der Waals surface area (Å²) in [7, 11) is -3.71. The van der Waals surface area contributed by atoms with E-state index in [9.17, 15) is 13.2 Å². The van der Waals surface area contributed by atoms with E-state index in [-0.39, 0.29) is 17.5 Å². The van der Waals surface area contributed by atoms with Crippen LogP contribution >= 0.6 is 0 Å². The molecule has 0 aliphatic carbocycles. The quantitative estimate of drug-likeness (QED) is 0.919. The molecule has 0 aromatic carbocycles. The molecule has 2 rings (SSSR count). The van der Waals surface area contributed by atoms with Gasteiger partial charge in [0, 0.05) is 12.6 Å². The van der Waals surface area contributed by atoms with E-state index in [0.717, 1.165) is 0 Å². The number of carbonyl (C=O) groups is 1. The molecule has 2 atom stereocenters. The number of aryl methyl sites for hydroxylation is 2. The van der Waals surface area contributed by atoms with Crippen LogP contribution in [-0.2, 0) is 14.8 Å². The zero-order chi connectivity index (χ0) is 15.1. The first-order valence-electron chi connectivity index (χ1n) is 6.55. The summed E-state index contributed by atoms with van der Waals surface area (Å²) in [6.07, 6.45) is 1.05. The summed E-state index contributed by atoms with van der Waals surface area (Å²) in [5.74, 6) is -0.723. The maximum absolute atomic E-state index is 12.7. The number of piperidine rings is 1. The van der Waals surface area contributed by atoms with Crippen molar-refractivity contribution >= 4 is 16.0 Å². The Morgan fingerprint density at radius 3 is 2.55 bits per heavy atom. The van der Waals surface area contributed by atoms with Crippen molar-refractivity contribution in [2.45, 2.75) is 44.6 Å². The first-order chi connectivity index (χ1) is 9.23. The fourth-order valence-corrected chi connectivity index (χ4v) is 4.53. The lowest BCUT2D eigenvalue weighted by Crippen LogP contribution is -2.47. The van der Waals surface area contributed by atoms with Gasteiger partial charge in [0.25, 0.3) is 0 Å². The Labute approximate surface area is 118 Å². The van der Waals surface area contributed by atoms with Gasteiger partial charge < -0.3 is 9.52 Å². The minimum atomic E-state index is -3.71. The third kappa shape index (κ3) is 2.60. The number of carboxylic acids is 1. The monoisotopic (exact) mass is 301 g/mol. The molecule has 1 N–H and O–H groups in total. The van der Waals surface area contributed by atoms with Crippen molar-refractivity contribution in [3.63, 3.8) is 0 Å². The molecule has 0 spiro atoms. The standard InChI is InChI=1S/C13H19NO5S/c1-8-4-5-11(13(15)16)7-14(8)20(17,18)12-6-9(2)19-10(12)3/h6,8,11H,4-5,7H2,1-3H3,(H,15,16). The van der Waals surface area contributed by atoms with E-state index in [1.807, 2.05) is 0 Å². The second-order valence-corrected chi connectivity index (χ2v) is 7.17. The van der Waals surface area contributed by atoms with Crippen LogP contribution in [-0.4, -0.2) is 36.4 Å². The zero-order valence-electron chi connectivity index (χ0n) is 11.8. The molecule has 0 bridgehead atoms. The lowest BCUT2D eigenvalue weighted by atomic mass is 9.96. The summed E-state index contributed by atoms with van der Waals surface area (Å²) < 4.78 is 31.9. The van der Waals surface area contributed by atoms with Crippen LogP contribution in [0.25, 0.3) is 0 Å². The summed E-state index contributed by atoms with van der Waals surface area (Å²) in [5, 5.41) is 9.10. The van der Waals surface area contributed by atoms with Gasteiger partial charge in [-0.15, -0.1) is 0 Å². The molecule has 0 amide bonds. The van der Waals surface area contributed by atoms with Crippen LogP contribution in [0, 0.1) is 19.8 Å². The Kier molecular flexibility index (Phi) is 3.93. The third-order valence-corrected chi connectivity index (χ3v) is 5.84. The van der Waals surface area contributed by atoms with Crippen molar-refractivity contribution in [3.05, 3.63) is 17.6 Å². The van der Waals surface area contributed by atoms with Crippen LogP contribution in [0.4, 0.5) is 0 Å². The van der Waals surface area contributed by atoms with Gasteiger partial charge in [-0.25, -0.2) is 8.42 Å². The summed E-state index contributed by atoms with van der Waals surface area (Å²) in [6.45, 7) is 5.11. The Bertz CT molecular complexity index is 619. The fourth-order valence-electron chi connectivity index (χ4n) is 2.60. The zero-order valence-corrected chi connectivity index (χ0v) is 12.6. The van der Waals surface area contributed by atoms with E-state index in [2.05, 4.69) is 0 Å². The van der Waals surface area contributed by atoms with Gasteiger partial charge in [0.05, 0.1) is 5.92 Å². The van der Waals surface area contributed by atoms with Crippen molar-refractivity contribution in [1.82, 2.24) is 4.31 Å². The number of hydrogen-bond donors (Lipinski definition) is 1. The number of hydrogen-bond acceptors (Lipinski definition) is 4. The van der Waals surface area contributed by atoms with E-state index in [0.29, 0.717) is 24.4 Å². The summed E-state index contributed by atoms with van der Waals surface area (Å²) >= 11 is 0. The normalized spacial score (nSPS) is 24.8. The molecule has 1 fully saturated rings. The predicted octanol–water partition coefficient (Wildman–Crippen LogP) is 1.77. The minimum Gasteiger partial charge on any atom is -0.481 e. The minimum absolute atomic E-state index is 0.0164. The van der Waals surface area contributed by atoms with Crippen LogP contribution in [0.1, 0.15) is 31.3 Å². The molecular weight excluding hydrogens is 282 g/mol. The van der Waals surface area contributed by atoms with Crippen molar-refractivity contribution in [3.8, 4) is 0 Å². The molecule has 1 aromatic rings. The SMILES string of the molecule is Cc1cc(S(=O)(=O)N2CC(C(=O)O)CCC2C)c(C)o1. The summed E-state index contributed by atoms with van der Waals surface area (Å²) in [4.78, 5) is 11.2. The highest BCUT2D eigenvalue weighted by atomic mass is 32.2. The van der Waals surface area contributed by atoms with Gasteiger partial charge in [0.15, 0.2) is 0 Å². The second-order valence-electron chi connectivity index (χ2n) is 5.31. The first-order valence-corrected chi connectivity index (χ1v) is 7.99. The number of furan rings is 1. The third-order valence-electron chi connectivity index (χ3n) is 3.76. The van der Waals surface area contributed by atoms with Gasteiger partial charge in [0.1, 0.15) is 16.4 Å². The molecule has 1 saturated heterocycles. The molecule has 0 saturated carbocycles. The summed E-state index contributed by atoms with van der Waals surface area (Å²) in [5.41, 5.74) is 0. The van der Waals surface area contributed by atoms with Crippen molar-refractivity contribution < 1.29 is 22.7 Å². The van der Waals surface area contributed by atoms with Crippen LogP contribution < -0.4 is 0 Å².